The van der Waals surface area contributed by atoms with Crippen molar-refractivity contribution in [2.24, 2.45) is 0 Å². The second-order valence-corrected chi connectivity index (χ2v) is 8.21. The summed E-state index contributed by atoms with van der Waals surface area (Å²) in [6.45, 7) is 5.97. The van der Waals surface area contributed by atoms with Crippen molar-refractivity contribution in [1.82, 2.24) is 9.80 Å². The number of nitrogens with zero attached hydrogens (tertiary/aromatic N) is 2. The third-order valence-electron chi connectivity index (χ3n) is 5.96. The van der Waals surface area contributed by atoms with E-state index in [4.69, 9.17) is 14.2 Å². The van der Waals surface area contributed by atoms with Gasteiger partial charge in [0.05, 0.1) is 0 Å². The molecule has 1 N–H and O–H groups in total. The van der Waals surface area contributed by atoms with E-state index in [1.54, 1.807) is 0 Å². The van der Waals surface area contributed by atoms with Crippen molar-refractivity contribution in [2.75, 3.05) is 46.1 Å². The van der Waals surface area contributed by atoms with E-state index < -0.39 is 6.10 Å². The summed E-state index contributed by atoms with van der Waals surface area (Å²) >= 11 is 0. The second-order valence-electron chi connectivity index (χ2n) is 8.21. The summed E-state index contributed by atoms with van der Waals surface area (Å²) in [6, 6.07) is 20.3. The largest absolute Gasteiger partial charge is 0.490 e. The Labute approximate surface area is 182 Å². The number of aliphatic hydroxyl groups is 1. The Morgan fingerprint density at radius 1 is 0.871 bits per heavy atom. The SMILES string of the molecule is OC(COc1cccc2ccccc12)CN1CCN(Cc2ccc3c(c2)OCO3)CC1. The van der Waals surface area contributed by atoms with Crippen LogP contribution in [0.25, 0.3) is 10.8 Å². The highest BCUT2D eigenvalue weighted by molar-refractivity contribution is 5.88. The number of aliphatic hydroxyl groups excluding tert-OH is 1. The number of ether oxygens (including phenoxy) is 3. The minimum absolute atomic E-state index is 0.297. The van der Waals surface area contributed by atoms with Crippen LogP contribution in [0.5, 0.6) is 17.2 Å². The molecule has 0 amide bonds. The van der Waals surface area contributed by atoms with Crippen LogP contribution in [-0.4, -0.2) is 67.1 Å². The number of β-amino-alcohol motifs (C(OH)–C–C–N with tert-alkyl or cyclic N) is 1. The Bertz CT molecular complexity index is 1030. The highest BCUT2D eigenvalue weighted by atomic mass is 16.7. The van der Waals surface area contributed by atoms with Crippen molar-refractivity contribution < 1.29 is 19.3 Å². The molecule has 162 valence electrons. The molecule has 1 unspecified atom stereocenters. The maximum Gasteiger partial charge on any atom is 0.231 e. The molecule has 6 heteroatoms. The van der Waals surface area contributed by atoms with Crippen LogP contribution in [-0.2, 0) is 6.54 Å². The van der Waals surface area contributed by atoms with Crippen molar-refractivity contribution in [3.05, 3.63) is 66.2 Å². The summed E-state index contributed by atoms with van der Waals surface area (Å²) in [5, 5.41) is 12.7. The molecule has 0 radical (unpaired) electrons. The number of hydrogen-bond donors (Lipinski definition) is 1. The molecule has 1 fully saturated rings. The van der Waals surface area contributed by atoms with Gasteiger partial charge in [-0.15, -0.1) is 0 Å². The topological polar surface area (TPSA) is 54.4 Å². The van der Waals surface area contributed by atoms with E-state index in [0.717, 1.165) is 60.7 Å². The molecule has 2 heterocycles. The molecule has 0 spiro atoms. The Morgan fingerprint density at radius 3 is 2.55 bits per heavy atom. The van der Waals surface area contributed by atoms with Gasteiger partial charge in [0.25, 0.3) is 0 Å². The van der Waals surface area contributed by atoms with Crippen molar-refractivity contribution >= 4 is 10.8 Å². The minimum Gasteiger partial charge on any atom is -0.490 e. The van der Waals surface area contributed by atoms with E-state index in [1.807, 2.05) is 30.3 Å². The molecule has 0 saturated carbocycles. The third-order valence-corrected chi connectivity index (χ3v) is 5.96. The van der Waals surface area contributed by atoms with Gasteiger partial charge in [0.2, 0.25) is 6.79 Å². The fourth-order valence-electron chi connectivity index (χ4n) is 4.29. The van der Waals surface area contributed by atoms with E-state index >= 15 is 0 Å². The lowest BCUT2D eigenvalue weighted by Gasteiger charge is -2.35. The maximum absolute atomic E-state index is 10.5. The summed E-state index contributed by atoms with van der Waals surface area (Å²) in [5.41, 5.74) is 1.24. The molecule has 1 atom stereocenters. The van der Waals surface area contributed by atoms with E-state index in [0.29, 0.717) is 19.9 Å². The Balaban J connectivity index is 1.08. The molecular weight excluding hydrogens is 392 g/mol. The van der Waals surface area contributed by atoms with Crippen molar-refractivity contribution in [3.8, 4) is 17.2 Å². The number of benzene rings is 3. The maximum atomic E-state index is 10.5. The number of hydrogen-bond acceptors (Lipinski definition) is 6. The van der Waals surface area contributed by atoms with Crippen LogP contribution >= 0.6 is 0 Å². The standard InChI is InChI=1S/C25H28N2O4/c28-21(17-29-23-7-3-5-20-4-1-2-6-22(20)23)16-27-12-10-26(11-13-27)15-19-8-9-24-25(14-19)31-18-30-24/h1-9,14,21,28H,10-13,15-18H2. The van der Waals surface area contributed by atoms with Gasteiger partial charge in [-0.3, -0.25) is 9.80 Å². The zero-order valence-electron chi connectivity index (χ0n) is 17.6. The normalized spacial score (nSPS) is 17.7. The van der Waals surface area contributed by atoms with E-state index in [-0.39, 0.29) is 0 Å². The first kappa shape index (κ1) is 20.1. The first-order chi connectivity index (χ1) is 15.2. The quantitative estimate of drug-likeness (QED) is 0.634. The number of fused-ring (bicyclic) bond motifs is 2. The van der Waals surface area contributed by atoms with Crippen molar-refractivity contribution in [2.45, 2.75) is 12.6 Å². The van der Waals surface area contributed by atoms with Gasteiger partial charge in [-0.1, -0.05) is 42.5 Å². The zero-order valence-corrected chi connectivity index (χ0v) is 17.6. The molecule has 6 nitrogen and oxygen atoms in total. The van der Waals surface area contributed by atoms with Gasteiger partial charge >= 0.3 is 0 Å². The molecular formula is C25H28N2O4. The van der Waals surface area contributed by atoms with E-state index in [9.17, 15) is 5.11 Å². The van der Waals surface area contributed by atoms with Crippen LogP contribution < -0.4 is 14.2 Å². The van der Waals surface area contributed by atoms with Crippen LogP contribution in [0.2, 0.25) is 0 Å². The fraction of sp³-hybridized carbons (Fsp3) is 0.360. The van der Waals surface area contributed by atoms with Gasteiger partial charge in [-0.05, 0) is 29.1 Å². The average Bonchev–Trinajstić information content (AvgIpc) is 3.27. The van der Waals surface area contributed by atoms with Gasteiger partial charge in [0.15, 0.2) is 11.5 Å². The van der Waals surface area contributed by atoms with Crippen molar-refractivity contribution in [3.63, 3.8) is 0 Å². The summed E-state index contributed by atoms with van der Waals surface area (Å²) in [6.07, 6.45) is -0.514. The fourth-order valence-corrected chi connectivity index (χ4v) is 4.29. The summed E-state index contributed by atoms with van der Waals surface area (Å²) < 4.78 is 16.8. The van der Waals surface area contributed by atoms with Crippen molar-refractivity contribution in [1.29, 1.82) is 0 Å². The Morgan fingerprint density at radius 2 is 1.65 bits per heavy atom. The Hall–Kier alpha value is -2.80. The average molecular weight is 421 g/mol. The number of piperazine rings is 1. The number of rotatable bonds is 7. The highest BCUT2D eigenvalue weighted by Gasteiger charge is 2.21. The van der Waals surface area contributed by atoms with E-state index in [2.05, 4.69) is 40.1 Å². The lowest BCUT2D eigenvalue weighted by Crippen LogP contribution is -2.48. The zero-order chi connectivity index (χ0) is 21.0. The molecule has 0 aromatic heterocycles. The monoisotopic (exact) mass is 420 g/mol. The molecule has 0 bridgehead atoms. The molecule has 1 saturated heterocycles. The minimum atomic E-state index is -0.514. The lowest BCUT2D eigenvalue weighted by molar-refractivity contribution is 0.0449. The summed E-state index contributed by atoms with van der Waals surface area (Å²) in [5.74, 6) is 2.49. The third kappa shape index (κ3) is 4.77. The Kier molecular flexibility index (Phi) is 5.93. The van der Waals surface area contributed by atoms with Gasteiger partial charge in [-0.25, -0.2) is 0 Å². The molecule has 2 aliphatic rings. The predicted molar refractivity (Wildman–Crippen MR) is 120 cm³/mol. The van der Waals surface area contributed by atoms with Crippen LogP contribution in [0.4, 0.5) is 0 Å². The van der Waals surface area contributed by atoms with Gasteiger partial charge < -0.3 is 19.3 Å². The summed E-state index contributed by atoms with van der Waals surface area (Å²) in [7, 11) is 0. The first-order valence-corrected chi connectivity index (χ1v) is 10.9. The molecule has 3 aromatic carbocycles. The van der Waals surface area contributed by atoms with Crippen LogP contribution in [0.3, 0.4) is 0 Å². The van der Waals surface area contributed by atoms with Crippen LogP contribution in [0, 0.1) is 0 Å². The van der Waals surface area contributed by atoms with Gasteiger partial charge in [0, 0.05) is 44.7 Å². The molecule has 2 aliphatic heterocycles. The molecule has 3 aromatic rings. The van der Waals surface area contributed by atoms with Gasteiger partial charge in [-0.2, -0.15) is 0 Å². The van der Waals surface area contributed by atoms with Crippen LogP contribution in [0.15, 0.2) is 60.7 Å². The second kappa shape index (κ2) is 9.14. The molecule has 5 rings (SSSR count). The first-order valence-electron chi connectivity index (χ1n) is 10.9. The predicted octanol–water partition coefficient (Wildman–Crippen LogP) is 3.13. The van der Waals surface area contributed by atoms with Gasteiger partial charge in [0.1, 0.15) is 18.5 Å². The highest BCUT2D eigenvalue weighted by Crippen LogP contribution is 2.33. The molecule has 0 aliphatic carbocycles. The van der Waals surface area contributed by atoms with E-state index in [1.165, 1.54) is 5.56 Å². The smallest absolute Gasteiger partial charge is 0.231 e. The summed E-state index contributed by atoms with van der Waals surface area (Å²) in [4.78, 5) is 4.75. The lowest BCUT2D eigenvalue weighted by atomic mass is 10.1. The van der Waals surface area contributed by atoms with Crippen LogP contribution in [0.1, 0.15) is 5.56 Å². The molecule has 31 heavy (non-hydrogen) atoms.